The van der Waals surface area contributed by atoms with Crippen LogP contribution in [0.2, 0.25) is 0 Å². The molecule has 4 heterocycles. The number of methoxy groups -OCH3 is 1. The quantitative estimate of drug-likeness (QED) is 0.493. The van der Waals surface area contributed by atoms with Gasteiger partial charge in [-0.05, 0) is 36.9 Å². The van der Waals surface area contributed by atoms with Gasteiger partial charge in [-0.15, -0.1) is 6.58 Å². The number of carbonyl (C=O) groups excluding carboxylic acids is 2. The van der Waals surface area contributed by atoms with Crippen molar-refractivity contribution in [1.82, 2.24) is 14.8 Å². The molecule has 9 heteroatoms. The third kappa shape index (κ3) is 2.61. The molecule has 2 fully saturated rings. The van der Waals surface area contributed by atoms with E-state index in [9.17, 15) is 9.59 Å². The molecule has 2 aromatic rings. The number of hydrogen-bond acceptors (Lipinski definition) is 7. The topological polar surface area (TPSA) is 66.0 Å². The normalized spacial score (nSPS) is 28.9. The van der Waals surface area contributed by atoms with Crippen molar-refractivity contribution < 1.29 is 14.3 Å². The molecule has 1 aromatic heterocycles. The molecule has 0 saturated carbocycles. The second-order valence-corrected chi connectivity index (χ2v) is 10.4. The number of benzene rings is 1. The number of likely N-dealkylation sites (N-methyl/N-ethyl adjacent to an activating group) is 2. The van der Waals surface area contributed by atoms with Crippen molar-refractivity contribution in [2.24, 2.45) is 0 Å². The van der Waals surface area contributed by atoms with Crippen molar-refractivity contribution in [2.45, 2.75) is 16.2 Å². The Kier molecular flexibility index (Phi) is 5.11. The lowest BCUT2D eigenvalue weighted by molar-refractivity contribution is -0.138. The van der Waals surface area contributed by atoms with E-state index in [-0.39, 0.29) is 17.7 Å². The van der Waals surface area contributed by atoms with Gasteiger partial charge in [0.1, 0.15) is 14.8 Å². The third-order valence-corrected chi connectivity index (χ3v) is 9.00. The molecule has 33 heavy (non-hydrogen) atoms. The Hall–Kier alpha value is -2.75. The van der Waals surface area contributed by atoms with Crippen molar-refractivity contribution in [1.29, 1.82) is 0 Å². The third-order valence-electron chi connectivity index (χ3n) is 7.06. The summed E-state index contributed by atoms with van der Waals surface area (Å²) in [7, 11) is 5.26. The number of ether oxygens (including phenoxy) is 1. The summed E-state index contributed by atoms with van der Waals surface area (Å²) in [6.45, 7) is 4.58. The van der Waals surface area contributed by atoms with Gasteiger partial charge in [-0.3, -0.25) is 24.4 Å². The predicted octanol–water partition coefficient (Wildman–Crippen LogP) is 2.78. The molecule has 3 aliphatic rings. The lowest BCUT2D eigenvalue weighted by Crippen LogP contribution is -2.62. The Morgan fingerprint density at radius 2 is 2.09 bits per heavy atom. The first-order valence-electron chi connectivity index (χ1n) is 10.6. The molecule has 0 aliphatic carbocycles. The van der Waals surface area contributed by atoms with Crippen LogP contribution in [0.1, 0.15) is 17.0 Å². The van der Waals surface area contributed by atoms with Crippen LogP contribution in [-0.4, -0.2) is 70.0 Å². The van der Waals surface area contributed by atoms with E-state index in [0.29, 0.717) is 23.2 Å². The van der Waals surface area contributed by atoms with E-state index in [1.807, 2.05) is 42.3 Å². The lowest BCUT2D eigenvalue weighted by Gasteiger charge is -2.42. The van der Waals surface area contributed by atoms with Crippen LogP contribution < -0.4 is 9.64 Å². The minimum absolute atomic E-state index is 0.149. The Balaban J connectivity index is 1.84. The monoisotopic (exact) mass is 480 g/mol. The molecule has 5 rings (SSSR count). The number of fused-ring (bicyclic) bond motifs is 3. The van der Waals surface area contributed by atoms with E-state index in [1.54, 1.807) is 42.4 Å². The number of pyridine rings is 1. The average molecular weight is 481 g/mol. The number of likely N-dealkylation sites (tertiary alicyclic amines) is 1. The van der Waals surface area contributed by atoms with E-state index in [2.05, 4.69) is 11.6 Å². The smallest absolute Gasteiger partial charge is 0.254 e. The van der Waals surface area contributed by atoms with Gasteiger partial charge in [-0.25, -0.2) is 0 Å². The van der Waals surface area contributed by atoms with Crippen LogP contribution in [0.25, 0.3) is 0 Å². The van der Waals surface area contributed by atoms with E-state index in [1.165, 1.54) is 11.8 Å². The maximum Gasteiger partial charge on any atom is 0.254 e. The van der Waals surface area contributed by atoms with Gasteiger partial charge >= 0.3 is 0 Å². The minimum atomic E-state index is -1.26. The number of rotatable bonds is 4. The Morgan fingerprint density at radius 1 is 1.30 bits per heavy atom. The Bertz CT molecular complexity index is 1190. The summed E-state index contributed by atoms with van der Waals surface area (Å²) in [5.41, 5.74) is 1.17. The van der Waals surface area contributed by atoms with Crippen LogP contribution >= 0.6 is 24.0 Å². The molecule has 3 aliphatic heterocycles. The number of nitrogens with zero attached hydrogens (tertiary/aromatic N) is 4. The standard InChI is InChI=1S/C24H24N4O3S2/c1-5-11-28-21(30)24(33-22(28)32)18(15-7-6-10-25-13-15)14-26(2)23(24)17-12-16(31-4)8-9-19(17)27(3)20(23)29/h5-10,12-13,18H,1,11,14H2,2-4H3/t18-,23-,24+/m0/s1. The maximum atomic E-state index is 14.4. The molecule has 2 amide bonds. The van der Waals surface area contributed by atoms with E-state index in [0.717, 1.165) is 16.8 Å². The molecule has 170 valence electrons. The summed E-state index contributed by atoms with van der Waals surface area (Å²) in [5.74, 6) is -0.00157. The maximum absolute atomic E-state index is 14.4. The van der Waals surface area contributed by atoms with Crippen LogP contribution in [0, 0.1) is 0 Å². The summed E-state index contributed by atoms with van der Waals surface area (Å²) in [5, 5.41) is 0. The van der Waals surface area contributed by atoms with Gasteiger partial charge in [-0.1, -0.05) is 36.1 Å². The van der Waals surface area contributed by atoms with Crippen LogP contribution in [0.5, 0.6) is 5.75 Å². The molecule has 2 saturated heterocycles. The highest BCUT2D eigenvalue weighted by Gasteiger charge is 2.78. The van der Waals surface area contributed by atoms with Gasteiger partial charge in [0.25, 0.3) is 5.91 Å². The van der Waals surface area contributed by atoms with Crippen molar-refractivity contribution >= 4 is 45.8 Å². The van der Waals surface area contributed by atoms with E-state index >= 15 is 0 Å². The number of aromatic nitrogens is 1. The van der Waals surface area contributed by atoms with E-state index < -0.39 is 10.3 Å². The zero-order chi connectivity index (χ0) is 23.5. The highest BCUT2D eigenvalue weighted by molar-refractivity contribution is 8.25. The molecular formula is C24H24N4O3S2. The van der Waals surface area contributed by atoms with Gasteiger partial charge < -0.3 is 9.64 Å². The molecule has 0 unspecified atom stereocenters. The number of thioether (sulfide) groups is 1. The summed E-state index contributed by atoms with van der Waals surface area (Å²) >= 11 is 7.02. The SMILES string of the molecule is C=CCN1C(=O)[C@]2(SC1=S)[C@H](c1cccnc1)CN(C)[C@@]21C(=O)N(C)c2ccc(OC)cc21. The molecule has 0 radical (unpaired) electrons. The first-order valence-corrected chi connectivity index (χ1v) is 11.8. The fourth-order valence-corrected chi connectivity index (χ4v) is 7.82. The van der Waals surface area contributed by atoms with Gasteiger partial charge in [0.05, 0.1) is 7.11 Å². The van der Waals surface area contributed by atoms with Crippen molar-refractivity contribution in [3.05, 3.63) is 66.5 Å². The number of anilines is 1. The minimum Gasteiger partial charge on any atom is -0.497 e. The summed E-state index contributed by atoms with van der Waals surface area (Å²) in [4.78, 5) is 38.1. The second kappa shape index (κ2) is 7.65. The number of thiocarbonyl (C=S) groups is 1. The molecule has 2 spiro atoms. The average Bonchev–Trinajstić information content (AvgIpc) is 3.33. The summed E-state index contributed by atoms with van der Waals surface area (Å²) < 4.78 is 4.77. The molecule has 0 bridgehead atoms. The molecule has 7 nitrogen and oxygen atoms in total. The van der Waals surface area contributed by atoms with Crippen LogP contribution in [0.15, 0.2) is 55.4 Å². The van der Waals surface area contributed by atoms with Crippen LogP contribution in [-0.2, 0) is 15.1 Å². The first-order chi connectivity index (χ1) is 15.8. The molecule has 3 atom stereocenters. The van der Waals surface area contributed by atoms with E-state index in [4.69, 9.17) is 17.0 Å². The zero-order valence-electron chi connectivity index (χ0n) is 18.6. The van der Waals surface area contributed by atoms with Crippen molar-refractivity contribution in [3.63, 3.8) is 0 Å². The Morgan fingerprint density at radius 3 is 2.76 bits per heavy atom. The highest BCUT2D eigenvalue weighted by atomic mass is 32.2. The molecular weight excluding hydrogens is 456 g/mol. The highest BCUT2D eigenvalue weighted by Crippen LogP contribution is 2.66. The summed E-state index contributed by atoms with van der Waals surface area (Å²) in [6.07, 6.45) is 5.15. The predicted molar refractivity (Wildman–Crippen MR) is 133 cm³/mol. The van der Waals surface area contributed by atoms with Gasteiger partial charge in [-0.2, -0.15) is 0 Å². The van der Waals surface area contributed by atoms with Crippen LogP contribution in [0.4, 0.5) is 5.69 Å². The largest absolute Gasteiger partial charge is 0.497 e. The Labute approximate surface area is 202 Å². The van der Waals surface area contributed by atoms with Gasteiger partial charge in [0.2, 0.25) is 5.91 Å². The first kappa shape index (κ1) is 22.1. The van der Waals surface area contributed by atoms with Crippen LogP contribution in [0.3, 0.4) is 0 Å². The molecule has 0 N–H and O–H groups in total. The lowest BCUT2D eigenvalue weighted by atomic mass is 9.72. The fourth-order valence-electron chi connectivity index (χ4n) is 5.67. The van der Waals surface area contributed by atoms with Crippen molar-refractivity contribution in [2.75, 3.05) is 39.2 Å². The van der Waals surface area contributed by atoms with Gasteiger partial charge in [0.15, 0.2) is 5.54 Å². The zero-order valence-corrected chi connectivity index (χ0v) is 20.3. The number of hydrogen-bond donors (Lipinski definition) is 0. The second-order valence-electron chi connectivity index (χ2n) is 8.49. The number of amides is 2. The van der Waals surface area contributed by atoms with Crippen molar-refractivity contribution in [3.8, 4) is 5.75 Å². The van der Waals surface area contributed by atoms with Gasteiger partial charge in [0, 0.05) is 49.7 Å². The fraction of sp³-hybridized carbons (Fsp3) is 0.333. The summed E-state index contributed by atoms with van der Waals surface area (Å²) in [6, 6.07) is 9.42. The number of carbonyl (C=O) groups is 2. The molecule has 1 aromatic carbocycles.